The largest absolute Gasteiger partial charge is 0.491 e. The molecule has 1 saturated carbocycles. The van der Waals surface area contributed by atoms with Gasteiger partial charge >= 0.3 is 5.97 Å². The van der Waals surface area contributed by atoms with E-state index in [1.54, 1.807) is 18.2 Å². The predicted octanol–water partition coefficient (Wildman–Crippen LogP) is 2.49. The van der Waals surface area contributed by atoms with E-state index in [4.69, 9.17) is 21.4 Å². The van der Waals surface area contributed by atoms with Gasteiger partial charge in [-0.25, -0.2) is 4.79 Å². The maximum Gasteiger partial charge on any atom is 0.328 e. The molecule has 1 amide bonds. The van der Waals surface area contributed by atoms with Gasteiger partial charge in [-0.3, -0.25) is 4.79 Å². The highest BCUT2D eigenvalue weighted by molar-refractivity contribution is 6.32. The summed E-state index contributed by atoms with van der Waals surface area (Å²) in [6, 6.07) is 5.31. The van der Waals surface area contributed by atoms with Crippen LogP contribution in [0.4, 0.5) is 0 Å². The van der Waals surface area contributed by atoms with Crippen LogP contribution >= 0.6 is 11.6 Å². The van der Waals surface area contributed by atoms with Crippen molar-refractivity contribution >= 4 is 29.6 Å². The van der Waals surface area contributed by atoms with Gasteiger partial charge in [0.05, 0.1) is 18.1 Å². The number of hydrogen-bond acceptors (Lipinski definition) is 3. The Morgan fingerprint density at radius 1 is 1.43 bits per heavy atom. The van der Waals surface area contributed by atoms with E-state index in [1.165, 1.54) is 6.08 Å². The summed E-state index contributed by atoms with van der Waals surface area (Å²) < 4.78 is 5.46. The fourth-order valence-electron chi connectivity index (χ4n) is 1.69. The average Bonchev–Trinajstić information content (AvgIpc) is 3.22. The lowest BCUT2D eigenvalue weighted by Crippen LogP contribution is -2.26. The van der Waals surface area contributed by atoms with Crippen LogP contribution in [0.5, 0.6) is 5.75 Å². The molecule has 0 aromatic heterocycles. The minimum Gasteiger partial charge on any atom is -0.491 e. The quantitative estimate of drug-likeness (QED) is 0.759. The number of carboxylic acids is 1. The van der Waals surface area contributed by atoms with Gasteiger partial charge in [0, 0.05) is 12.1 Å². The maximum atomic E-state index is 11.5. The molecule has 0 unspecified atom stereocenters. The number of rotatable bonds is 7. The third kappa shape index (κ3) is 5.47. The normalized spacial score (nSPS) is 14.1. The highest BCUT2D eigenvalue weighted by Gasteiger charge is 2.22. The first-order valence-corrected chi connectivity index (χ1v) is 7.05. The van der Waals surface area contributed by atoms with E-state index in [9.17, 15) is 9.59 Å². The average molecular weight is 310 g/mol. The number of carbonyl (C=O) groups is 2. The Kier molecular flexibility index (Phi) is 5.22. The Morgan fingerprint density at radius 2 is 2.19 bits per heavy atom. The van der Waals surface area contributed by atoms with E-state index in [-0.39, 0.29) is 18.9 Å². The summed E-state index contributed by atoms with van der Waals surface area (Å²) in [5.41, 5.74) is 0.668. The van der Waals surface area contributed by atoms with E-state index < -0.39 is 5.97 Å². The maximum absolute atomic E-state index is 11.5. The molecule has 0 radical (unpaired) electrons. The Labute approximate surface area is 127 Å². The predicted molar refractivity (Wildman–Crippen MR) is 79.4 cm³/mol. The van der Waals surface area contributed by atoms with Crippen molar-refractivity contribution in [2.24, 2.45) is 0 Å². The minimum atomic E-state index is -1.02. The van der Waals surface area contributed by atoms with Crippen LogP contribution in [0.1, 0.15) is 24.8 Å². The van der Waals surface area contributed by atoms with Crippen LogP contribution < -0.4 is 10.1 Å². The fraction of sp³-hybridized carbons (Fsp3) is 0.333. The molecule has 112 valence electrons. The van der Waals surface area contributed by atoms with Crippen molar-refractivity contribution in [3.05, 3.63) is 34.9 Å². The van der Waals surface area contributed by atoms with Gasteiger partial charge in [0.2, 0.25) is 5.91 Å². The molecule has 1 aromatic carbocycles. The van der Waals surface area contributed by atoms with E-state index >= 15 is 0 Å². The Morgan fingerprint density at radius 3 is 2.81 bits per heavy atom. The van der Waals surface area contributed by atoms with Gasteiger partial charge in [0.15, 0.2) is 0 Å². The van der Waals surface area contributed by atoms with Crippen LogP contribution in [-0.4, -0.2) is 29.6 Å². The second kappa shape index (κ2) is 7.13. The Bertz CT molecular complexity index is 567. The first-order valence-electron chi connectivity index (χ1n) is 6.67. The third-order valence-corrected chi connectivity index (χ3v) is 3.20. The zero-order valence-electron chi connectivity index (χ0n) is 11.3. The monoisotopic (exact) mass is 309 g/mol. The van der Waals surface area contributed by atoms with Crippen LogP contribution in [0.3, 0.4) is 0 Å². The topological polar surface area (TPSA) is 75.6 Å². The highest BCUT2D eigenvalue weighted by atomic mass is 35.5. The Balaban J connectivity index is 1.82. The third-order valence-electron chi connectivity index (χ3n) is 2.90. The highest BCUT2D eigenvalue weighted by Crippen LogP contribution is 2.26. The number of halogens is 1. The number of ether oxygens (including phenoxy) is 1. The first kappa shape index (κ1) is 15.4. The molecule has 0 heterocycles. The summed E-state index contributed by atoms with van der Waals surface area (Å²) in [5.74, 6) is -0.564. The molecule has 0 aliphatic heterocycles. The number of carbonyl (C=O) groups excluding carboxylic acids is 1. The number of amides is 1. The summed E-state index contributed by atoms with van der Waals surface area (Å²) in [6.45, 7) is 0.253. The van der Waals surface area contributed by atoms with Gasteiger partial charge in [-0.1, -0.05) is 17.7 Å². The lowest BCUT2D eigenvalue weighted by Gasteiger charge is -2.08. The minimum absolute atomic E-state index is 0.0189. The van der Waals surface area contributed by atoms with Gasteiger partial charge in [-0.15, -0.1) is 0 Å². The van der Waals surface area contributed by atoms with Crippen molar-refractivity contribution in [2.45, 2.75) is 25.3 Å². The molecule has 1 aliphatic rings. The molecule has 5 nitrogen and oxygen atoms in total. The van der Waals surface area contributed by atoms with Crippen LogP contribution in [0.15, 0.2) is 24.3 Å². The van der Waals surface area contributed by atoms with Crippen molar-refractivity contribution < 1.29 is 19.4 Å². The number of nitrogens with one attached hydrogen (secondary N) is 1. The molecule has 0 bridgehead atoms. The second-order valence-electron chi connectivity index (χ2n) is 4.80. The molecule has 0 atom stereocenters. The number of hydrogen-bond donors (Lipinski definition) is 2. The van der Waals surface area contributed by atoms with Crippen LogP contribution in [0.25, 0.3) is 6.08 Å². The van der Waals surface area contributed by atoms with Crippen LogP contribution in [-0.2, 0) is 9.59 Å². The number of carboxylic acid groups (broad SMARTS) is 1. The lowest BCUT2D eigenvalue weighted by atomic mass is 10.2. The zero-order chi connectivity index (χ0) is 15.2. The molecule has 1 aliphatic carbocycles. The number of aliphatic carboxylic acids is 1. The van der Waals surface area contributed by atoms with Gasteiger partial charge in [-0.05, 0) is 36.6 Å². The summed E-state index contributed by atoms with van der Waals surface area (Å²) in [6.07, 6.45) is 4.89. The van der Waals surface area contributed by atoms with Crippen molar-refractivity contribution in [3.8, 4) is 5.75 Å². The van der Waals surface area contributed by atoms with Crippen molar-refractivity contribution in [2.75, 3.05) is 6.61 Å². The van der Waals surface area contributed by atoms with Crippen LogP contribution in [0, 0.1) is 0 Å². The van der Waals surface area contributed by atoms with Crippen molar-refractivity contribution in [3.63, 3.8) is 0 Å². The van der Waals surface area contributed by atoms with Gasteiger partial charge in [0.1, 0.15) is 5.75 Å². The molecule has 2 N–H and O–H groups in total. The zero-order valence-corrected chi connectivity index (χ0v) is 12.1. The van der Waals surface area contributed by atoms with E-state index in [1.807, 2.05) is 0 Å². The van der Waals surface area contributed by atoms with E-state index in [2.05, 4.69) is 5.32 Å². The molecule has 2 rings (SSSR count). The van der Waals surface area contributed by atoms with Crippen molar-refractivity contribution in [1.29, 1.82) is 0 Å². The first-order chi connectivity index (χ1) is 10.0. The molecule has 1 fully saturated rings. The Hall–Kier alpha value is -2.01. The molecule has 0 spiro atoms. The van der Waals surface area contributed by atoms with Crippen LogP contribution in [0.2, 0.25) is 5.02 Å². The van der Waals surface area contributed by atoms with Gasteiger partial charge in [0.25, 0.3) is 0 Å². The number of benzene rings is 1. The van der Waals surface area contributed by atoms with Crippen molar-refractivity contribution in [1.82, 2.24) is 5.32 Å². The molecular weight excluding hydrogens is 294 g/mol. The SMILES string of the molecule is O=C(O)/C=C/c1ccc(OCCC(=O)NC2CC2)c(Cl)c1. The molecule has 1 aromatic rings. The summed E-state index contributed by atoms with van der Waals surface area (Å²) in [5, 5.41) is 11.8. The van der Waals surface area contributed by atoms with E-state index in [0.717, 1.165) is 18.9 Å². The molecular formula is C15H16ClNO4. The molecule has 21 heavy (non-hydrogen) atoms. The molecule has 6 heteroatoms. The smallest absolute Gasteiger partial charge is 0.328 e. The fourth-order valence-corrected chi connectivity index (χ4v) is 1.93. The molecule has 0 saturated heterocycles. The summed E-state index contributed by atoms with van der Waals surface area (Å²) in [4.78, 5) is 21.9. The van der Waals surface area contributed by atoms with Gasteiger partial charge < -0.3 is 15.2 Å². The summed E-state index contributed by atoms with van der Waals surface area (Å²) in [7, 11) is 0. The second-order valence-corrected chi connectivity index (χ2v) is 5.21. The lowest BCUT2D eigenvalue weighted by molar-refractivity contribution is -0.131. The standard InChI is InChI=1S/C15H16ClNO4/c16-12-9-10(2-6-15(19)20)1-5-13(12)21-8-7-14(18)17-11-3-4-11/h1-2,5-6,9,11H,3-4,7-8H2,(H,17,18)(H,19,20)/b6-2+. The van der Waals surface area contributed by atoms with Gasteiger partial charge in [-0.2, -0.15) is 0 Å². The van der Waals surface area contributed by atoms with E-state index in [0.29, 0.717) is 22.4 Å². The summed E-state index contributed by atoms with van der Waals surface area (Å²) >= 11 is 6.05.